The Kier molecular flexibility index (Phi) is 4.02. The zero-order valence-corrected chi connectivity index (χ0v) is 12.0. The first-order valence-corrected chi connectivity index (χ1v) is 6.73. The molecule has 0 aliphatic carbocycles. The molecule has 2 rings (SSSR count). The average Bonchev–Trinajstić information content (AvgIpc) is 2.41. The van der Waals surface area contributed by atoms with Crippen molar-refractivity contribution in [2.45, 2.75) is 25.4 Å². The highest BCUT2D eigenvalue weighted by Gasteiger charge is 2.33. The summed E-state index contributed by atoms with van der Waals surface area (Å²) in [4.78, 5) is 14.3. The second-order valence-corrected chi connectivity index (χ2v) is 5.57. The Labute approximate surface area is 118 Å². The number of halogens is 1. The van der Waals surface area contributed by atoms with Crippen molar-refractivity contribution >= 4 is 23.2 Å². The molecule has 4 nitrogen and oxygen atoms in total. The molecule has 1 aromatic rings. The minimum atomic E-state index is -0.277. The molecule has 19 heavy (non-hydrogen) atoms. The second-order valence-electron chi connectivity index (χ2n) is 5.19. The maximum Gasteiger partial charge on any atom is 0.255 e. The number of benzene rings is 1. The van der Waals surface area contributed by atoms with Crippen LogP contribution in [0.1, 0.15) is 30.1 Å². The van der Waals surface area contributed by atoms with Gasteiger partial charge in [-0.1, -0.05) is 17.7 Å². The molecule has 0 radical (unpaired) electrons. The predicted molar refractivity (Wildman–Crippen MR) is 76.4 cm³/mol. The Hall–Kier alpha value is -1.26. The number of piperidine rings is 1. The Morgan fingerprint density at radius 3 is 2.95 bits per heavy atom. The number of likely N-dealkylation sites (tertiary alicyclic amines) is 1. The molecule has 1 unspecified atom stereocenters. The van der Waals surface area contributed by atoms with Crippen molar-refractivity contribution in [2.75, 3.05) is 25.9 Å². The summed E-state index contributed by atoms with van der Waals surface area (Å²) < 4.78 is 5.50. The van der Waals surface area contributed by atoms with Crippen molar-refractivity contribution < 1.29 is 9.53 Å². The van der Waals surface area contributed by atoms with Gasteiger partial charge in [-0.25, -0.2) is 0 Å². The van der Waals surface area contributed by atoms with Crippen LogP contribution in [-0.4, -0.2) is 36.6 Å². The molecule has 1 amide bonds. The molecule has 1 aliphatic heterocycles. The summed E-state index contributed by atoms with van der Waals surface area (Å²) in [7, 11) is 1.68. The lowest BCUT2D eigenvalue weighted by molar-refractivity contribution is -0.0440. The zero-order valence-electron chi connectivity index (χ0n) is 11.3. The molecule has 2 N–H and O–H groups in total. The van der Waals surface area contributed by atoms with E-state index in [-0.39, 0.29) is 11.5 Å². The van der Waals surface area contributed by atoms with E-state index in [4.69, 9.17) is 22.1 Å². The molecule has 5 heteroatoms. The third kappa shape index (κ3) is 2.85. The van der Waals surface area contributed by atoms with Crippen LogP contribution in [-0.2, 0) is 4.74 Å². The van der Waals surface area contributed by atoms with E-state index in [0.717, 1.165) is 19.4 Å². The molecule has 1 aromatic carbocycles. The Morgan fingerprint density at radius 1 is 1.53 bits per heavy atom. The van der Waals surface area contributed by atoms with Gasteiger partial charge in [0.05, 0.1) is 21.9 Å². The van der Waals surface area contributed by atoms with Crippen LogP contribution in [0.15, 0.2) is 18.2 Å². The lowest BCUT2D eigenvalue weighted by Crippen LogP contribution is -2.49. The highest BCUT2D eigenvalue weighted by atomic mass is 35.5. The molecule has 0 saturated carbocycles. The molecular formula is C14H19ClN2O2. The lowest BCUT2D eigenvalue weighted by Gasteiger charge is -2.39. The number of nitrogens with zero attached hydrogens (tertiary/aromatic N) is 1. The Morgan fingerprint density at radius 2 is 2.26 bits per heavy atom. The number of carbonyl (C=O) groups excluding carboxylic acids is 1. The Bertz CT molecular complexity index is 492. The number of nitrogens with two attached hydrogens (primary N) is 1. The second kappa shape index (κ2) is 5.39. The molecule has 104 valence electrons. The van der Waals surface area contributed by atoms with E-state index >= 15 is 0 Å². The van der Waals surface area contributed by atoms with Crippen molar-refractivity contribution in [2.24, 2.45) is 0 Å². The zero-order chi connectivity index (χ0) is 14.0. The van der Waals surface area contributed by atoms with Gasteiger partial charge in [0.25, 0.3) is 5.91 Å². The van der Waals surface area contributed by atoms with Gasteiger partial charge < -0.3 is 15.4 Å². The summed E-state index contributed by atoms with van der Waals surface area (Å²) in [5, 5.41) is 0.331. The van der Waals surface area contributed by atoms with E-state index in [1.807, 2.05) is 6.92 Å². The molecule has 1 atom stereocenters. The summed E-state index contributed by atoms with van der Waals surface area (Å²) in [5.41, 5.74) is 6.35. The molecule has 1 saturated heterocycles. The molecule has 1 fully saturated rings. The Balaban J connectivity index is 2.22. The number of hydrogen-bond donors (Lipinski definition) is 1. The van der Waals surface area contributed by atoms with E-state index in [1.54, 1.807) is 30.2 Å². The minimum absolute atomic E-state index is 0.0831. The molecule has 0 aromatic heterocycles. The van der Waals surface area contributed by atoms with Crippen molar-refractivity contribution in [1.82, 2.24) is 4.90 Å². The third-order valence-electron chi connectivity index (χ3n) is 3.70. The van der Waals surface area contributed by atoms with E-state index < -0.39 is 0 Å². The molecule has 0 spiro atoms. The summed E-state index contributed by atoms with van der Waals surface area (Å²) >= 11 is 6.11. The van der Waals surface area contributed by atoms with E-state index in [1.165, 1.54) is 0 Å². The van der Waals surface area contributed by atoms with Crippen LogP contribution in [0, 0.1) is 0 Å². The van der Waals surface area contributed by atoms with Gasteiger partial charge in [0, 0.05) is 20.2 Å². The molecule has 0 bridgehead atoms. The van der Waals surface area contributed by atoms with Crippen molar-refractivity contribution in [3.63, 3.8) is 0 Å². The first-order valence-electron chi connectivity index (χ1n) is 6.35. The largest absolute Gasteiger partial charge is 0.398 e. The van der Waals surface area contributed by atoms with E-state index in [0.29, 0.717) is 22.8 Å². The first-order chi connectivity index (χ1) is 8.97. The van der Waals surface area contributed by atoms with Crippen LogP contribution in [0.2, 0.25) is 5.02 Å². The number of carbonyl (C=O) groups is 1. The predicted octanol–water partition coefficient (Wildman–Crippen LogP) is 2.56. The minimum Gasteiger partial charge on any atom is -0.398 e. The third-order valence-corrected chi connectivity index (χ3v) is 4.12. The summed E-state index contributed by atoms with van der Waals surface area (Å²) in [6.45, 7) is 3.32. The van der Waals surface area contributed by atoms with Gasteiger partial charge in [0.2, 0.25) is 0 Å². The van der Waals surface area contributed by atoms with Crippen LogP contribution in [0.5, 0.6) is 0 Å². The van der Waals surface area contributed by atoms with Crippen molar-refractivity contribution in [3.8, 4) is 0 Å². The maximum atomic E-state index is 12.5. The monoisotopic (exact) mass is 282 g/mol. The fourth-order valence-corrected chi connectivity index (χ4v) is 2.64. The van der Waals surface area contributed by atoms with Gasteiger partial charge in [-0.05, 0) is 31.9 Å². The van der Waals surface area contributed by atoms with Gasteiger partial charge in [-0.15, -0.1) is 0 Å². The summed E-state index contributed by atoms with van der Waals surface area (Å²) in [5.74, 6) is -0.0831. The fourth-order valence-electron chi connectivity index (χ4n) is 2.43. The summed E-state index contributed by atoms with van der Waals surface area (Å²) in [6.07, 6.45) is 1.88. The van der Waals surface area contributed by atoms with E-state index in [2.05, 4.69) is 0 Å². The van der Waals surface area contributed by atoms with Crippen molar-refractivity contribution in [1.29, 1.82) is 0 Å². The van der Waals surface area contributed by atoms with E-state index in [9.17, 15) is 4.79 Å². The SMILES string of the molecule is COC1(C)CCCN(C(=O)c2cccc(N)c2Cl)C1. The van der Waals surface area contributed by atoms with Crippen LogP contribution in [0.25, 0.3) is 0 Å². The number of rotatable bonds is 2. The average molecular weight is 283 g/mol. The standard InChI is InChI=1S/C14H19ClN2O2/c1-14(19-2)7-4-8-17(9-14)13(18)10-5-3-6-11(16)12(10)15/h3,5-6H,4,7-9,16H2,1-2H3. The molecular weight excluding hydrogens is 264 g/mol. The maximum absolute atomic E-state index is 12.5. The van der Waals surface area contributed by atoms with Crippen molar-refractivity contribution in [3.05, 3.63) is 28.8 Å². The lowest BCUT2D eigenvalue weighted by atomic mass is 9.94. The topological polar surface area (TPSA) is 55.6 Å². The number of nitrogen functional groups attached to an aromatic ring is 1. The molecule has 1 heterocycles. The first kappa shape index (κ1) is 14.2. The van der Waals surface area contributed by atoms with Gasteiger partial charge in [0.1, 0.15) is 0 Å². The number of hydrogen-bond acceptors (Lipinski definition) is 3. The number of amides is 1. The van der Waals surface area contributed by atoms with Crippen LogP contribution in [0.3, 0.4) is 0 Å². The highest BCUT2D eigenvalue weighted by molar-refractivity contribution is 6.36. The van der Waals surface area contributed by atoms with Gasteiger partial charge in [-0.3, -0.25) is 4.79 Å². The quantitative estimate of drug-likeness (QED) is 0.848. The number of ether oxygens (including phenoxy) is 1. The molecule has 1 aliphatic rings. The summed E-state index contributed by atoms with van der Waals surface area (Å²) in [6, 6.07) is 5.14. The van der Waals surface area contributed by atoms with Crippen LogP contribution >= 0.6 is 11.6 Å². The highest BCUT2D eigenvalue weighted by Crippen LogP contribution is 2.28. The smallest absolute Gasteiger partial charge is 0.255 e. The fraction of sp³-hybridized carbons (Fsp3) is 0.500. The van der Waals surface area contributed by atoms with Crippen LogP contribution < -0.4 is 5.73 Å². The van der Waals surface area contributed by atoms with Gasteiger partial charge >= 0.3 is 0 Å². The van der Waals surface area contributed by atoms with Gasteiger partial charge in [0.15, 0.2) is 0 Å². The number of anilines is 1. The normalized spacial score (nSPS) is 23.4. The number of methoxy groups -OCH3 is 1. The van der Waals surface area contributed by atoms with Crippen LogP contribution in [0.4, 0.5) is 5.69 Å². The van der Waals surface area contributed by atoms with Gasteiger partial charge in [-0.2, -0.15) is 0 Å².